The van der Waals surface area contributed by atoms with Gasteiger partial charge >= 0.3 is 5.97 Å². The Morgan fingerprint density at radius 2 is 2.00 bits per heavy atom. The summed E-state index contributed by atoms with van der Waals surface area (Å²) in [6.07, 6.45) is 3.14. The summed E-state index contributed by atoms with van der Waals surface area (Å²) in [5.41, 5.74) is 0.912. The van der Waals surface area contributed by atoms with E-state index >= 15 is 0 Å². The Bertz CT molecular complexity index is 480. The van der Waals surface area contributed by atoms with Gasteiger partial charge in [-0.15, -0.1) is 0 Å². The number of aliphatic carboxylic acids is 1. The minimum Gasteiger partial charge on any atom is -0.480 e. The van der Waals surface area contributed by atoms with Crippen LogP contribution < -0.4 is 5.32 Å². The van der Waals surface area contributed by atoms with Crippen molar-refractivity contribution in [1.29, 1.82) is 0 Å². The van der Waals surface area contributed by atoms with Gasteiger partial charge in [-0.3, -0.25) is 0 Å². The van der Waals surface area contributed by atoms with E-state index in [9.17, 15) is 9.90 Å². The molecule has 0 saturated heterocycles. The number of carboxylic acid groups (broad SMARTS) is 1. The van der Waals surface area contributed by atoms with Crippen molar-refractivity contribution in [3.63, 3.8) is 0 Å². The summed E-state index contributed by atoms with van der Waals surface area (Å²) < 4.78 is 0. The van der Waals surface area contributed by atoms with Crippen LogP contribution in [0.4, 0.5) is 5.95 Å². The van der Waals surface area contributed by atoms with Gasteiger partial charge in [-0.2, -0.15) is 0 Å². The number of hydrogen-bond acceptors (Lipinski definition) is 4. The molecule has 0 aromatic carbocycles. The van der Waals surface area contributed by atoms with Gasteiger partial charge in [0.15, 0.2) is 0 Å². The number of nitrogens with zero attached hydrogens (tertiary/aromatic N) is 2. The van der Waals surface area contributed by atoms with Crippen molar-refractivity contribution in [3.8, 4) is 0 Å². The lowest BCUT2D eigenvalue weighted by molar-refractivity contribution is -0.142. The molecule has 1 aromatic heterocycles. The molecule has 1 fully saturated rings. The van der Waals surface area contributed by atoms with E-state index < -0.39 is 11.5 Å². The molecule has 1 aliphatic rings. The van der Waals surface area contributed by atoms with Gasteiger partial charge in [0.25, 0.3) is 0 Å². The predicted octanol–water partition coefficient (Wildman–Crippen LogP) is 2.72. The zero-order valence-electron chi connectivity index (χ0n) is 11.7. The fourth-order valence-electron chi connectivity index (χ4n) is 2.53. The SMILES string of the molecule is Cc1cc(C(C)C)nc(NC2(C(=O)O)CCCC2)n1. The molecule has 2 rings (SSSR count). The number of carboxylic acids is 1. The maximum absolute atomic E-state index is 11.5. The molecule has 1 aliphatic carbocycles. The van der Waals surface area contributed by atoms with Crippen LogP contribution in [0.5, 0.6) is 0 Å². The van der Waals surface area contributed by atoms with Gasteiger partial charge in [0.1, 0.15) is 5.54 Å². The Morgan fingerprint density at radius 1 is 1.37 bits per heavy atom. The molecule has 0 spiro atoms. The zero-order chi connectivity index (χ0) is 14.0. The Hall–Kier alpha value is -1.65. The van der Waals surface area contributed by atoms with Crippen molar-refractivity contribution in [2.24, 2.45) is 0 Å². The average Bonchev–Trinajstić information content (AvgIpc) is 2.78. The van der Waals surface area contributed by atoms with Crippen LogP contribution in [0.1, 0.15) is 56.8 Å². The van der Waals surface area contributed by atoms with E-state index in [1.165, 1.54) is 0 Å². The second-order valence-corrected chi connectivity index (χ2v) is 5.63. The number of hydrogen-bond donors (Lipinski definition) is 2. The lowest BCUT2D eigenvalue weighted by Gasteiger charge is -2.25. The topological polar surface area (TPSA) is 75.1 Å². The van der Waals surface area contributed by atoms with Crippen molar-refractivity contribution in [2.75, 3.05) is 5.32 Å². The molecule has 1 saturated carbocycles. The Kier molecular flexibility index (Phi) is 3.73. The first-order chi connectivity index (χ1) is 8.93. The third-order valence-corrected chi connectivity index (χ3v) is 3.68. The summed E-state index contributed by atoms with van der Waals surface area (Å²) in [7, 11) is 0. The third kappa shape index (κ3) is 2.85. The summed E-state index contributed by atoms with van der Waals surface area (Å²) in [5, 5.41) is 12.5. The molecule has 19 heavy (non-hydrogen) atoms. The van der Waals surface area contributed by atoms with E-state index in [0.29, 0.717) is 24.7 Å². The molecule has 0 aliphatic heterocycles. The molecule has 0 unspecified atom stereocenters. The van der Waals surface area contributed by atoms with Crippen LogP contribution in [0.3, 0.4) is 0 Å². The van der Waals surface area contributed by atoms with E-state index in [1.54, 1.807) is 0 Å². The predicted molar refractivity (Wildman–Crippen MR) is 73.3 cm³/mol. The summed E-state index contributed by atoms with van der Waals surface area (Å²) >= 11 is 0. The minimum atomic E-state index is -0.887. The van der Waals surface area contributed by atoms with Crippen LogP contribution in [-0.2, 0) is 4.79 Å². The highest BCUT2D eigenvalue weighted by molar-refractivity contribution is 5.82. The van der Waals surface area contributed by atoms with E-state index in [0.717, 1.165) is 24.2 Å². The number of nitrogens with one attached hydrogen (secondary N) is 1. The molecule has 0 atom stereocenters. The summed E-state index contributed by atoms with van der Waals surface area (Å²) in [6, 6.07) is 1.94. The first-order valence-electron chi connectivity index (χ1n) is 6.80. The first-order valence-corrected chi connectivity index (χ1v) is 6.80. The lowest BCUT2D eigenvalue weighted by atomic mass is 9.98. The fraction of sp³-hybridized carbons (Fsp3) is 0.643. The van der Waals surface area contributed by atoms with Gasteiger partial charge < -0.3 is 10.4 Å². The molecule has 5 heteroatoms. The number of anilines is 1. The molecule has 1 heterocycles. The highest BCUT2D eigenvalue weighted by Gasteiger charge is 2.42. The molecule has 5 nitrogen and oxygen atoms in total. The molecule has 0 amide bonds. The van der Waals surface area contributed by atoms with Gasteiger partial charge in [0.2, 0.25) is 5.95 Å². The van der Waals surface area contributed by atoms with Gasteiger partial charge in [-0.05, 0) is 31.7 Å². The normalized spacial score (nSPS) is 17.7. The minimum absolute atomic E-state index is 0.298. The number of carbonyl (C=O) groups is 1. The molecular weight excluding hydrogens is 242 g/mol. The summed E-state index contributed by atoms with van der Waals surface area (Å²) in [6.45, 7) is 6.03. The van der Waals surface area contributed by atoms with Crippen molar-refractivity contribution in [3.05, 3.63) is 17.5 Å². The van der Waals surface area contributed by atoms with Gasteiger partial charge in [-0.1, -0.05) is 26.7 Å². The van der Waals surface area contributed by atoms with Crippen LogP contribution in [0.15, 0.2) is 6.07 Å². The summed E-state index contributed by atoms with van der Waals surface area (Å²) in [5.74, 6) is -0.0687. The Balaban J connectivity index is 2.29. The van der Waals surface area contributed by atoms with Crippen molar-refractivity contribution in [2.45, 2.75) is 57.9 Å². The monoisotopic (exact) mass is 263 g/mol. The van der Waals surface area contributed by atoms with Crippen LogP contribution in [0, 0.1) is 6.92 Å². The van der Waals surface area contributed by atoms with Crippen LogP contribution >= 0.6 is 0 Å². The zero-order valence-corrected chi connectivity index (χ0v) is 11.7. The molecule has 1 aromatic rings. The van der Waals surface area contributed by atoms with E-state index in [-0.39, 0.29) is 0 Å². The van der Waals surface area contributed by atoms with Gasteiger partial charge in [-0.25, -0.2) is 14.8 Å². The quantitative estimate of drug-likeness (QED) is 0.873. The summed E-state index contributed by atoms with van der Waals surface area (Å²) in [4.78, 5) is 20.3. The Morgan fingerprint density at radius 3 is 2.53 bits per heavy atom. The van der Waals surface area contributed by atoms with Gasteiger partial charge in [0.05, 0.1) is 0 Å². The molecule has 0 bridgehead atoms. The van der Waals surface area contributed by atoms with Crippen molar-refractivity contribution in [1.82, 2.24) is 9.97 Å². The van der Waals surface area contributed by atoms with E-state index in [4.69, 9.17) is 0 Å². The number of aromatic nitrogens is 2. The number of rotatable bonds is 4. The van der Waals surface area contributed by atoms with Crippen molar-refractivity contribution < 1.29 is 9.90 Å². The third-order valence-electron chi connectivity index (χ3n) is 3.68. The molecular formula is C14H21N3O2. The average molecular weight is 263 g/mol. The van der Waals surface area contributed by atoms with Crippen LogP contribution in [-0.4, -0.2) is 26.6 Å². The molecule has 2 N–H and O–H groups in total. The number of aryl methyl sites for hydroxylation is 1. The maximum Gasteiger partial charge on any atom is 0.329 e. The van der Waals surface area contributed by atoms with E-state index in [1.807, 2.05) is 13.0 Å². The highest BCUT2D eigenvalue weighted by atomic mass is 16.4. The van der Waals surface area contributed by atoms with Crippen LogP contribution in [0.25, 0.3) is 0 Å². The maximum atomic E-state index is 11.5. The first kappa shape index (κ1) is 13.8. The Labute approximate surface area is 113 Å². The van der Waals surface area contributed by atoms with E-state index in [2.05, 4.69) is 29.1 Å². The lowest BCUT2D eigenvalue weighted by Crippen LogP contribution is -2.44. The van der Waals surface area contributed by atoms with Gasteiger partial charge in [0, 0.05) is 11.4 Å². The molecule has 0 radical (unpaired) electrons. The fourth-order valence-corrected chi connectivity index (χ4v) is 2.53. The highest BCUT2D eigenvalue weighted by Crippen LogP contribution is 2.32. The largest absolute Gasteiger partial charge is 0.480 e. The molecule has 104 valence electrons. The second kappa shape index (κ2) is 5.15. The smallest absolute Gasteiger partial charge is 0.329 e. The standard InChI is InChI=1S/C14H21N3O2/c1-9(2)11-8-10(3)15-13(16-11)17-14(12(18)19)6-4-5-7-14/h8-9H,4-7H2,1-3H3,(H,18,19)(H,15,16,17). The van der Waals surface area contributed by atoms with Crippen LogP contribution in [0.2, 0.25) is 0 Å². The second-order valence-electron chi connectivity index (χ2n) is 5.63. The van der Waals surface area contributed by atoms with Crippen molar-refractivity contribution >= 4 is 11.9 Å².